The van der Waals surface area contributed by atoms with Gasteiger partial charge >= 0.3 is 5.97 Å². The Kier molecular flexibility index (Phi) is 8.58. The summed E-state index contributed by atoms with van der Waals surface area (Å²) in [5.74, 6) is -0.957. The van der Waals surface area contributed by atoms with E-state index >= 15 is 0 Å². The molecule has 0 unspecified atom stereocenters. The van der Waals surface area contributed by atoms with Crippen LogP contribution in [0, 0.1) is 5.41 Å². The van der Waals surface area contributed by atoms with Crippen LogP contribution in [0.4, 0.5) is 17.1 Å². The van der Waals surface area contributed by atoms with E-state index in [0.29, 0.717) is 38.8 Å². The number of hydrogen-bond donors (Lipinski definition) is 6. The van der Waals surface area contributed by atoms with Crippen molar-refractivity contribution in [1.82, 2.24) is 0 Å². The third-order valence-electron chi connectivity index (χ3n) is 5.13. The van der Waals surface area contributed by atoms with Crippen molar-refractivity contribution >= 4 is 46.4 Å². The molecule has 0 spiro atoms. The first-order valence-corrected chi connectivity index (χ1v) is 11.1. The van der Waals surface area contributed by atoms with E-state index in [4.69, 9.17) is 37.3 Å². The number of aliphatic carboxylic acids is 1. The van der Waals surface area contributed by atoms with Gasteiger partial charge in [0.2, 0.25) is 0 Å². The molecule has 10 nitrogen and oxygen atoms in total. The lowest BCUT2D eigenvalue weighted by Crippen LogP contribution is -2.16. The molecule has 0 saturated carbocycles. The summed E-state index contributed by atoms with van der Waals surface area (Å²) >= 11 is 6.17. The van der Waals surface area contributed by atoms with Crippen molar-refractivity contribution in [1.29, 1.82) is 5.41 Å². The van der Waals surface area contributed by atoms with Crippen molar-refractivity contribution in [2.75, 3.05) is 36.7 Å². The van der Waals surface area contributed by atoms with Crippen LogP contribution in [0.2, 0.25) is 5.02 Å². The average molecular weight is 512 g/mol. The number of amides is 1. The third-order valence-corrected chi connectivity index (χ3v) is 5.36. The number of carbonyl (C=O) groups excluding carboxylic acids is 1. The lowest BCUT2D eigenvalue weighted by Gasteiger charge is -2.18. The smallest absolute Gasteiger partial charge is 0.341 e. The molecule has 3 rings (SSSR count). The van der Waals surface area contributed by atoms with E-state index in [2.05, 4.69) is 16.0 Å². The predicted octanol–water partition coefficient (Wildman–Crippen LogP) is 4.00. The minimum atomic E-state index is -1.12. The molecule has 0 aliphatic rings. The van der Waals surface area contributed by atoms with E-state index in [1.54, 1.807) is 55.6 Å². The quantitative estimate of drug-likeness (QED) is 0.166. The maximum absolute atomic E-state index is 13.1. The fourth-order valence-corrected chi connectivity index (χ4v) is 3.54. The fourth-order valence-electron chi connectivity index (χ4n) is 3.37. The average Bonchev–Trinajstić information content (AvgIpc) is 2.86. The number of halogens is 1. The number of benzene rings is 3. The molecule has 0 atom stereocenters. The summed E-state index contributed by atoms with van der Waals surface area (Å²) in [5, 5.41) is 25.9. The molecule has 0 aromatic heterocycles. The molecule has 0 aliphatic carbocycles. The largest absolute Gasteiger partial charge is 0.493 e. The SMILES string of the molecule is CNc1cc(CNc2ccc(Cl)cc2C(=O)Nc2ccc(C(=N)N)cc2)c(OCC(=O)O)c(OC)c1. The van der Waals surface area contributed by atoms with Crippen LogP contribution in [-0.2, 0) is 11.3 Å². The molecule has 0 saturated heterocycles. The monoisotopic (exact) mass is 511 g/mol. The zero-order chi connectivity index (χ0) is 26.2. The van der Waals surface area contributed by atoms with Crippen molar-refractivity contribution in [3.63, 3.8) is 0 Å². The van der Waals surface area contributed by atoms with Crippen LogP contribution in [-0.4, -0.2) is 43.6 Å². The summed E-state index contributed by atoms with van der Waals surface area (Å²) < 4.78 is 10.9. The second-order valence-corrected chi connectivity index (χ2v) is 8.02. The van der Waals surface area contributed by atoms with Gasteiger partial charge in [-0.15, -0.1) is 0 Å². The number of anilines is 3. The number of nitrogen functional groups attached to an aromatic ring is 1. The van der Waals surface area contributed by atoms with Gasteiger partial charge in [0.15, 0.2) is 18.1 Å². The number of carboxylic acids is 1. The van der Waals surface area contributed by atoms with Gasteiger partial charge in [-0.05, 0) is 48.5 Å². The maximum atomic E-state index is 13.1. The van der Waals surface area contributed by atoms with Crippen molar-refractivity contribution in [2.45, 2.75) is 6.54 Å². The zero-order valence-electron chi connectivity index (χ0n) is 19.6. The first-order chi connectivity index (χ1) is 17.2. The minimum absolute atomic E-state index is 0.0696. The second kappa shape index (κ2) is 11.8. The van der Waals surface area contributed by atoms with Crippen LogP contribution in [0.5, 0.6) is 11.5 Å². The number of carbonyl (C=O) groups is 2. The molecule has 36 heavy (non-hydrogen) atoms. The number of ether oxygens (including phenoxy) is 2. The van der Waals surface area contributed by atoms with E-state index in [1.807, 2.05) is 0 Å². The Bertz CT molecular complexity index is 1280. The lowest BCUT2D eigenvalue weighted by molar-refractivity contribution is -0.139. The van der Waals surface area contributed by atoms with Gasteiger partial charge in [-0.2, -0.15) is 0 Å². The molecule has 0 radical (unpaired) electrons. The Morgan fingerprint density at radius 3 is 2.42 bits per heavy atom. The standard InChI is InChI=1S/C25H26ClN5O5/c1-29-18-9-15(23(21(11-18)35-2)36-13-22(32)33)12-30-20-8-5-16(26)10-19(20)25(34)31-17-6-3-14(4-7-17)24(27)28/h3-11,29-30H,12-13H2,1-2H3,(H3,27,28)(H,31,34)(H,32,33). The number of nitrogens with one attached hydrogen (secondary N) is 4. The summed E-state index contributed by atoms with van der Waals surface area (Å²) in [4.78, 5) is 24.1. The maximum Gasteiger partial charge on any atom is 0.341 e. The van der Waals surface area contributed by atoms with Crippen molar-refractivity contribution in [3.05, 3.63) is 76.3 Å². The first-order valence-electron chi connectivity index (χ1n) is 10.7. The Balaban J connectivity index is 1.87. The van der Waals surface area contributed by atoms with Crippen molar-refractivity contribution in [3.8, 4) is 11.5 Å². The van der Waals surface area contributed by atoms with Crippen LogP contribution in [0.15, 0.2) is 54.6 Å². The summed E-state index contributed by atoms with van der Waals surface area (Å²) in [6, 6.07) is 14.9. The predicted molar refractivity (Wildman–Crippen MR) is 140 cm³/mol. The van der Waals surface area contributed by atoms with Crippen molar-refractivity contribution < 1.29 is 24.2 Å². The number of rotatable bonds is 11. The molecular weight excluding hydrogens is 486 g/mol. The topological polar surface area (TPSA) is 159 Å². The summed E-state index contributed by atoms with van der Waals surface area (Å²) in [6.07, 6.45) is 0. The van der Waals surface area contributed by atoms with Crippen LogP contribution >= 0.6 is 11.6 Å². The molecular formula is C25H26ClN5O5. The number of nitrogens with two attached hydrogens (primary N) is 1. The fraction of sp³-hybridized carbons (Fsp3) is 0.160. The normalized spacial score (nSPS) is 10.3. The Morgan fingerprint density at radius 2 is 1.81 bits per heavy atom. The van der Waals surface area contributed by atoms with Gasteiger partial charge in [-0.25, -0.2) is 4.79 Å². The van der Waals surface area contributed by atoms with Crippen LogP contribution in [0.3, 0.4) is 0 Å². The number of carboxylic acid groups (broad SMARTS) is 1. The molecule has 11 heteroatoms. The number of methoxy groups -OCH3 is 1. The molecule has 1 amide bonds. The Hall–Kier alpha value is -4.44. The van der Waals surface area contributed by atoms with Gasteiger partial charge in [-0.1, -0.05) is 11.6 Å². The highest BCUT2D eigenvalue weighted by Crippen LogP contribution is 2.36. The Labute approximate surface area is 212 Å². The number of hydrogen-bond acceptors (Lipinski definition) is 7. The van der Waals surface area contributed by atoms with Crippen LogP contribution < -0.4 is 31.2 Å². The van der Waals surface area contributed by atoms with Gasteiger partial charge in [0, 0.05) is 52.9 Å². The van der Waals surface area contributed by atoms with E-state index in [0.717, 1.165) is 5.69 Å². The van der Waals surface area contributed by atoms with E-state index in [1.165, 1.54) is 13.2 Å². The van der Waals surface area contributed by atoms with Gasteiger partial charge in [0.25, 0.3) is 5.91 Å². The zero-order valence-corrected chi connectivity index (χ0v) is 20.4. The van der Waals surface area contributed by atoms with Gasteiger partial charge in [-0.3, -0.25) is 10.2 Å². The molecule has 3 aromatic rings. The van der Waals surface area contributed by atoms with Crippen molar-refractivity contribution in [2.24, 2.45) is 5.73 Å². The molecule has 0 fully saturated rings. The Morgan fingerprint density at radius 1 is 1.08 bits per heavy atom. The highest BCUT2D eigenvalue weighted by Gasteiger charge is 2.17. The first kappa shape index (κ1) is 26.2. The molecule has 3 aromatic carbocycles. The van der Waals surface area contributed by atoms with Gasteiger partial charge in [0.05, 0.1) is 12.7 Å². The third kappa shape index (κ3) is 6.57. The molecule has 0 aliphatic heterocycles. The van der Waals surface area contributed by atoms with Gasteiger partial charge in [0.1, 0.15) is 5.84 Å². The molecule has 7 N–H and O–H groups in total. The highest BCUT2D eigenvalue weighted by atomic mass is 35.5. The summed E-state index contributed by atoms with van der Waals surface area (Å²) in [7, 11) is 3.21. The summed E-state index contributed by atoms with van der Waals surface area (Å²) in [6.45, 7) is -0.352. The second-order valence-electron chi connectivity index (χ2n) is 7.59. The van der Waals surface area contributed by atoms with E-state index in [-0.39, 0.29) is 18.1 Å². The number of amidine groups is 1. The highest BCUT2D eigenvalue weighted by molar-refractivity contribution is 6.31. The van der Waals surface area contributed by atoms with Gasteiger partial charge < -0.3 is 36.3 Å². The van der Waals surface area contributed by atoms with E-state index < -0.39 is 18.5 Å². The minimum Gasteiger partial charge on any atom is -0.493 e. The van der Waals surface area contributed by atoms with Crippen LogP contribution in [0.1, 0.15) is 21.5 Å². The molecule has 0 bridgehead atoms. The van der Waals surface area contributed by atoms with Crippen LogP contribution in [0.25, 0.3) is 0 Å². The summed E-state index contributed by atoms with van der Waals surface area (Å²) in [5.41, 5.74) is 8.67. The molecule has 188 valence electrons. The van der Waals surface area contributed by atoms with E-state index in [9.17, 15) is 9.59 Å². The lowest BCUT2D eigenvalue weighted by atomic mass is 10.1. The molecule has 0 heterocycles.